The second kappa shape index (κ2) is 6.61. The third-order valence-corrected chi connectivity index (χ3v) is 2.66. The molecule has 0 saturated carbocycles. The molecule has 0 bridgehead atoms. The minimum absolute atomic E-state index is 0.0787. The minimum Gasteiger partial charge on any atom is -0.344 e. The van der Waals surface area contributed by atoms with Gasteiger partial charge in [-0.3, -0.25) is 9.59 Å². The van der Waals surface area contributed by atoms with Crippen molar-refractivity contribution in [2.45, 2.75) is 31.7 Å². The lowest BCUT2D eigenvalue weighted by Gasteiger charge is -2.29. The molecule has 0 heterocycles. The molecule has 6 heteroatoms. The van der Waals surface area contributed by atoms with Gasteiger partial charge in [-0.25, -0.2) is 0 Å². The first-order chi connectivity index (χ1) is 8.58. The summed E-state index contributed by atoms with van der Waals surface area (Å²) in [6, 6.07) is 0. The molecule has 0 aromatic carbocycles. The van der Waals surface area contributed by atoms with Gasteiger partial charge >= 0.3 is 0 Å². The monoisotopic (exact) mass is 248 g/mol. The van der Waals surface area contributed by atoms with Crippen molar-refractivity contribution in [1.82, 2.24) is 5.32 Å². The molecule has 0 atom stereocenters. The average Bonchev–Trinajstić information content (AvgIpc) is 2.32. The molecule has 1 N–H and O–H groups in total. The summed E-state index contributed by atoms with van der Waals surface area (Å²) in [5, 5.41) is 6.29. The van der Waals surface area contributed by atoms with Crippen LogP contribution in [0.15, 0.2) is 29.4 Å². The molecular weight excluding hydrogens is 232 g/mol. The van der Waals surface area contributed by atoms with Crippen molar-refractivity contribution in [3.05, 3.63) is 34.7 Å². The van der Waals surface area contributed by atoms with E-state index in [-0.39, 0.29) is 11.7 Å². The molecule has 0 unspecified atom stereocenters. The molecule has 1 aliphatic carbocycles. The van der Waals surface area contributed by atoms with E-state index in [0.29, 0.717) is 13.0 Å². The molecule has 0 aliphatic heterocycles. The summed E-state index contributed by atoms with van der Waals surface area (Å²) in [6.07, 6.45) is 8.57. The zero-order valence-electron chi connectivity index (χ0n) is 10.3. The number of nitrogens with zero attached hydrogens (tertiary/aromatic N) is 3. The molecule has 0 saturated heterocycles. The molecule has 1 aliphatic rings. The molecular formula is C12H16N4O2. The van der Waals surface area contributed by atoms with Gasteiger partial charge in [-0.2, -0.15) is 0 Å². The molecule has 0 fully saturated rings. The molecule has 0 aromatic rings. The number of carbonyl (C=O) groups excluding carboxylic acids is 2. The van der Waals surface area contributed by atoms with Gasteiger partial charge in [0.05, 0.1) is 5.54 Å². The Hall–Kier alpha value is -2.07. The van der Waals surface area contributed by atoms with Gasteiger partial charge in [-0.1, -0.05) is 23.7 Å². The molecule has 0 spiro atoms. The number of rotatable bonds is 6. The zero-order valence-corrected chi connectivity index (χ0v) is 10.3. The predicted octanol–water partition coefficient (Wildman–Crippen LogP) is 2.04. The topological polar surface area (TPSA) is 94.9 Å². The number of nitrogens with one attached hydrogen (secondary N) is 1. The minimum atomic E-state index is -0.587. The van der Waals surface area contributed by atoms with Crippen LogP contribution in [0, 0.1) is 0 Å². The molecule has 0 aromatic heterocycles. The van der Waals surface area contributed by atoms with Crippen LogP contribution in [0.25, 0.3) is 10.4 Å². The standard InChI is InChI=1S/C12H16N4O2/c1-10(17)15-12(6-2-3-9-14-16-13)7-4-11(18)5-8-12/h4-5,7-8H,2-3,6,9H2,1H3,(H,15,17). The highest BCUT2D eigenvalue weighted by molar-refractivity contribution is 6.00. The number of allylic oxidation sites excluding steroid dienone is 2. The Kier molecular flexibility index (Phi) is 5.14. The van der Waals surface area contributed by atoms with E-state index in [2.05, 4.69) is 15.3 Å². The van der Waals surface area contributed by atoms with Gasteiger partial charge in [0.25, 0.3) is 0 Å². The Bertz CT molecular complexity index is 417. The van der Waals surface area contributed by atoms with Crippen LogP contribution in [-0.2, 0) is 9.59 Å². The highest BCUT2D eigenvalue weighted by Gasteiger charge is 2.26. The van der Waals surface area contributed by atoms with E-state index >= 15 is 0 Å². The Morgan fingerprint density at radius 1 is 1.44 bits per heavy atom. The number of hydrogen-bond acceptors (Lipinski definition) is 3. The highest BCUT2D eigenvalue weighted by atomic mass is 16.1. The predicted molar refractivity (Wildman–Crippen MR) is 67.7 cm³/mol. The Balaban J connectivity index is 2.59. The second-order valence-electron chi connectivity index (χ2n) is 4.20. The third-order valence-electron chi connectivity index (χ3n) is 2.66. The Morgan fingerprint density at radius 2 is 2.11 bits per heavy atom. The van der Waals surface area contributed by atoms with Crippen molar-refractivity contribution < 1.29 is 9.59 Å². The van der Waals surface area contributed by atoms with E-state index < -0.39 is 5.54 Å². The lowest BCUT2D eigenvalue weighted by atomic mass is 9.88. The first-order valence-corrected chi connectivity index (χ1v) is 5.80. The van der Waals surface area contributed by atoms with Crippen LogP contribution in [0.1, 0.15) is 26.2 Å². The Labute approximate surface area is 105 Å². The quantitative estimate of drug-likeness (QED) is 0.337. The maximum atomic E-state index is 11.2. The van der Waals surface area contributed by atoms with E-state index in [4.69, 9.17) is 5.53 Å². The fourth-order valence-corrected chi connectivity index (χ4v) is 1.86. The third kappa shape index (κ3) is 4.43. The summed E-state index contributed by atoms with van der Waals surface area (Å²) in [6.45, 7) is 1.89. The van der Waals surface area contributed by atoms with Gasteiger partial charge in [-0.05, 0) is 30.5 Å². The zero-order chi connectivity index (χ0) is 13.4. The molecule has 1 amide bonds. The molecule has 1 rings (SSSR count). The molecule has 6 nitrogen and oxygen atoms in total. The fourth-order valence-electron chi connectivity index (χ4n) is 1.86. The number of amides is 1. The van der Waals surface area contributed by atoms with Crippen LogP contribution < -0.4 is 5.32 Å². The smallest absolute Gasteiger partial charge is 0.217 e. The lowest BCUT2D eigenvalue weighted by Crippen LogP contribution is -2.45. The van der Waals surface area contributed by atoms with Crippen molar-refractivity contribution in [3.8, 4) is 0 Å². The van der Waals surface area contributed by atoms with Gasteiger partial charge in [-0.15, -0.1) is 0 Å². The summed E-state index contributed by atoms with van der Waals surface area (Å²) in [5.41, 5.74) is 7.57. The van der Waals surface area contributed by atoms with Crippen LogP contribution in [0.4, 0.5) is 0 Å². The van der Waals surface area contributed by atoms with Crippen LogP contribution in [0.3, 0.4) is 0 Å². The fraction of sp³-hybridized carbons (Fsp3) is 0.500. The van der Waals surface area contributed by atoms with E-state index in [1.807, 2.05) is 0 Å². The van der Waals surface area contributed by atoms with Crippen molar-refractivity contribution in [2.75, 3.05) is 6.54 Å². The van der Waals surface area contributed by atoms with Crippen molar-refractivity contribution >= 4 is 11.7 Å². The first kappa shape index (κ1) is 14.0. The van der Waals surface area contributed by atoms with E-state index in [1.54, 1.807) is 12.2 Å². The van der Waals surface area contributed by atoms with Crippen LogP contribution >= 0.6 is 0 Å². The van der Waals surface area contributed by atoms with Gasteiger partial charge in [0.15, 0.2) is 5.78 Å². The number of hydrogen-bond donors (Lipinski definition) is 1. The van der Waals surface area contributed by atoms with E-state index in [9.17, 15) is 9.59 Å². The van der Waals surface area contributed by atoms with Gasteiger partial charge < -0.3 is 5.32 Å². The second-order valence-corrected chi connectivity index (χ2v) is 4.20. The maximum absolute atomic E-state index is 11.2. The van der Waals surface area contributed by atoms with Gasteiger partial charge in [0.2, 0.25) is 5.91 Å². The van der Waals surface area contributed by atoms with Crippen LogP contribution in [-0.4, -0.2) is 23.8 Å². The number of ketones is 1. The number of carbonyl (C=O) groups is 2. The molecule has 18 heavy (non-hydrogen) atoms. The van der Waals surface area contributed by atoms with Crippen LogP contribution in [0.2, 0.25) is 0 Å². The normalized spacial score (nSPS) is 16.2. The number of unbranched alkanes of at least 4 members (excludes halogenated alkanes) is 1. The van der Waals surface area contributed by atoms with Gasteiger partial charge in [0, 0.05) is 18.4 Å². The SMILES string of the molecule is CC(=O)NC1(CCCCN=[N+]=[N-])C=CC(=O)C=C1. The van der Waals surface area contributed by atoms with Crippen molar-refractivity contribution in [3.63, 3.8) is 0 Å². The van der Waals surface area contributed by atoms with Crippen molar-refractivity contribution in [1.29, 1.82) is 0 Å². The maximum Gasteiger partial charge on any atom is 0.217 e. The summed E-state index contributed by atoms with van der Waals surface area (Å²) < 4.78 is 0. The van der Waals surface area contributed by atoms with Crippen LogP contribution in [0.5, 0.6) is 0 Å². The van der Waals surface area contributed by atoms with Gasteiger partial charge in [0.1, 0.15) is 0 Å². The summed E-state index contributed by atoms with van der Waals surface area (Å²) in [5.74, 6) is -0.223. The lowest BCUT2D eigenvalue weighted by molar-refractivity contribution is -0.120. The summed E-state index contributed by atoms with van der Waals surface area (Å²) in [4.78, 5) is 25.0. The highest BCUT2D eigenvalue weighted by Crippen LogP contribution is 2.21. The van der Waals surface area contributed by atoms with E-state index in [1.165, 1.54) is 19.1 Å². The molecule has 96 valence electrons. The first-order valence-electron chi connectivity index (χ1n) is 5.80. The molecule has 0 radical (unpaired) electrons. The average molecular weight is 248 g/mol. The number of azide groups is 1. The summed E-state index contributed by atoms with van der Waals surface area (Å²) >= 11 is 0. The van der Waals surface area contributed by atoms with Crippen molar-refractivity contribution in [2.24, 2.45) is 5.11 Å². The largest absolute Gasteiger partial charge is 0.344 e. The van der Waals surface area contributed by atoms with E-state index in [0.717, 1.165) is 12.8 Å². The summed E-state index contributed by atoms with van der Waals surface area (Å²) in [7, 11) is 0. The Morgan fingerprint density at radius 3 is 2.67 bits per heavy atom.